The van der Waals surface area contributed by atoms with Crippen molar-refractivity contribution in [3.8, 4) is 0 Å². The van der Waals surface area contributed by atoms with Crippen LogP contribution >= 0.6 is 23.2 Å². The molecule has 0 heterocycles. The Morgan fingerprint density at radius 3 is 2.14 bits per heavy atom. The number of carbonyl (C=O) groups is 2. The Hall–Kier alpha value is -2.65. The Morgan fingerprint density at radius 2 is 1.57 bits per heavy atom. The van der Waals surface area contributed by atoms with Crippen LogP contribution in [-0.4, -0.2) is 48.8 Å². The predicted octanol–water partition coefficient (Wildman–Crippen LogP) is 4.60. The summed E-state index contributed by atoms with van der Waals surface area (Å²) in [5.74, 6) is -2.40. The fourth-order valence-corrected chi connectivity index (χ4v) is 6.12. The standard InChI is InChI=1S/C25H26Cl2N2O5S/c1-15(2)23(29(3)35(33,34)21-13-19(26)12-20(27)14-21)24(30)28-22(25(31)32)11-16-8-9-17-6-4-5-7-18(17)10-16/h4-10,12-15,22-23H,11H2,1-3H3,(H,28,30)(H,31,32)/t22-,23-/m0/s1. The van der Waals surface area contributed by atoms with E-state index in [0.29, 0.717) is 0 Å². The lowest BCUT2D eigenvalue weighted by Crippen LogP contribution is -2.54. The van der Waals surface area contributed by atoms with Crippen molar-refractivity contribution in [3.63, 3.8) is 0 Å². The van der Waals surface area contributed by atoms with Crippen molar-refractivity contribution >= 4 is 55.9 Å². The van der Waals surface area contributed by atoms with Gasteiger partial charge >= 0.3 is 5.97 Å². The number of hydrogen-bond acceptors (Lipinski definition) is 4. The van der Waals surface area contributed by atoms with Crippen molar-refractivity contribution in [1.82, 2.24) is 9.62 Å². The fourth-order valence-electron chi connectivity index (χ4n) is 3.94. The van der Waals surface area contributed by atoms with Crippen LogP contribution in [0.3, 0.4) is 0 Å². The summed E-state index contributed by atoms with van der Waals surface area (Å²) in [7, 11) is -2.88. The number of fused-ring (bicyclic) bond motifs is 1. The normalized spacial score (nSPS) is 13.7. The minimum atomic E-state index is -4.16. The number of sulfonamides is 1. The summed E-state index contributed by atoms with van der Waals surface area (Å²) >= 11 is 11.9. The monoisotopic (exact) mass is 536 g/mol. The molecule has 0 bridgehead atoms. The summed E-state index contributed by atoms with van der Waals surface area (Å²) in [6.45, 7) is 3.36. The lowest BCUT2D eigenvalue weighted by molar-refractivity contribution is -0.142. The Labute approximate surface area is 214 Å². The van der Waals surface area contributed by atoms with Crippen LogP contribution in [0.25, 0.3) is 10.8 Å². The number of rotatable bonds is 9. The zero-order chi connectivity index (χ0) is 25.9. The largest absolute Gasteiger partial charge is 0.480 e. The Morgan fingerprint density at radius 1 is 0.971 bits per heavy atom. The van der Waals surface area contributed by atoms with Gasteiger partial charge in [-0.05, 0) is 40.5 Å². The third kappa shape index (κ3) is 6.32. The summed E-state index contributed by atoms with van der Waals surface area (Å²) < 4.78 is 27.4. The Kier molecular flexibility index (Phi) is 8.43. The molecule has 3 rings (SSSR count). The van der Waals surface area contributed by atoms with Crippen LogP contribution in [0.5, 0.6) is 0 Å². The molecular formula is C25H26Cl2N2O5S. The maximum absolute atomic E-state index is 13.2. The molecule has 0 radical (unpaired) electrons. The number of carbonyl (C=O) groups excluding carboxylic acids is 1. The first-order valence-electron chi connectivity index (χ1n) is 10.8. The molecule has 0 fully saturated rings. The van der Waals surface area contributed by atoms with E-state index < -0.39 is 39.9 Å². The minimum Gasteiger partial charge on any atom is -0.480 e. The van der Waals surface area contributed by atoms with E-state index in [1.807, 2.05) is 42.5 Å². The van der Waals surface area contributed by atoms with E-state index in [4.69, 9.17) is 23.2 Å². The lowest BCUT2D eigenvalue weighted by Gasteiger charge is -2.30. The van der Waals surface area contributed by atoms with Crippen molar-refractivity contribution in [2.45, 2.75) is 37.2 Å². The molecule has 7 nitrogen and oxygen atoms in total. The quantitative estimate of drug-likeness (QED) is 0.415. The van der Waals surface area contributed by atoms with E-state index in [1.54, 1.807) is 13.8 Å². The van der Waals surface area contributed by atoms with Crippen LogP contribution in [0.15, 0.2) is 65.6 Å². The van der Waals surface area contributed by atoms with Gasteiger partial charge in [0.2, 0.25) is 15.9 Å². The third-order valence-electron chi connectivity index (χ3n) is 5.67. The van der Waals surface area contributed by atoms with Crippen LogP contribution in [0.2, 0.25) is 10.0 Å². The SMILES string of the molecule is CC(C)[C@@H](C(=O)N[C@@H](Cc1ccc2ccccc2c1)C(=O)O)N(C)S(=O)(=O)c1cc(Cl)cc(Cl)c1. The van der Waals surface area contributed by atoms with Crippen molar-refractivity contribution in [2.75, 3.05) is 7.05 Å². The molecule has 186 valence electrons. The summed E-state index contributed by atoms with van der Waals surface area (Å²) in [6, 6.07) is 14.7. The van der Waals surface area contributed by atoms with E-state index in [0.717, 1.165) is 20.6 Å². The molecule has 3 aromatic carbocycles. The van der Waals surface area contributed by atoms with E-state index in [1.165, 1.54) is 25.2 Å². The number of carboxylic acid groups (broad SMARTS) is 1. The highest BCUT2D eigenvalue weighted by Gasteiger charge is 2.37. The smallest absolute Gasteiger partial charge is 0.326 e. The zero-order valence-electron chi connectivity index (χ0n) is 19.4. The molecule has 2 N–H and O–H groups in total. The van der Waals surface area contributed by atoms with Crippen LogP contribution < -0.4 is 5.32 Å². The third-order valence-corrected chi connectivity index (χ3v) is 7.93. The molecule has 1 amide bonds. The van der Waals surface area contributed by atoms with Crippen LogP contribution in [0, 0.1) is 5.92 Å². The molecule has 0 saturated carbocycles. The molecule has 0 aliphatic carbocycles. The van der Waals surface area contributed by atoms with Gasteiger partial charge < -0.3 is 10.4 Å². The molecule has 0 aliphatic heterocycles. The molecular weight excluding hydrogens is 511 g/mol. The molecule has 0 spiro atoms. The Bertz CT molecular complexity index is 1340. The molecule has 35 heavy (non-hydrogen) atoms. The number of hydrogen-bond donors (Lipinski definition) is 2. The van der Waals surface area contributed by atoms with Gasteiger partial charge in [-0.25, -0.2) is 13.2 Å². The van der Waals surface area contributed by atoms with Crippen molar-refractivity contribution in [1.29, 1.82) is 0 Å². The lowest BCUT2D eigenvalue weighted by atomic mass is 10.00. The number of carboxylic acids is 1. The van der Waals surface area contributed by atoms with E-state index in [9.17, 15) is 23.1 Å². The van der Waals surface area contributed by atoms with E-state index >= 15 is 0 Å². The number of likely N-dealkylation sites (N-methyl/N-ethyl adjacent to an activating group) is 1. The average molecular weight is 537 g/mol. The number of nitrogens with one attached hydrogen (secondary N) is 1. The number of nitrogens with zero attached hydrogens (tertiary/aromatic N) is 1. The summed E-state index contributed by atoms with van der Waals surface area (Å²) in [5, 5.41) is 14.5. The number of benzene rings is 3. The van der Waals surface area contributed by atoms with Gasteiger partial charge in [-0.1, -0.05) is 79.5 Å². The second-order valence-electron chi connectivity index (χ2n) is 8.60. The topological polar surface area (TPSA) is 104 Å². The molecule has 2 atom stereocenters. The molecule has 0 aliphatic rings. The summed E-state index contributed by atoms with van der Waals surface area (Å²) in [6.07, 6.45) is 0.0388. The van der Waals surface area contributed by atoms with Gasteiger partial charge in [0.15, 0.2) is 0 Å². The van der Waals surface area contributed by atoms with E-state index in [2.05, 4.69) is 5.32 Å². The van der Waals surface area contributed by atoms with Crippen molar-refractivity contribution < 1.29 is 23.1 Å². The number of halogens is 2. The van der Waals surface area contributed by atoms with Gasteiger partial charge in [0.1, 0.15) is 12.1 Å². The second kappa shape index (κ2) is 11.0. The number of amides is 1. The molecule has 0 aromatic heterocycles. The summed E-state index contributed by atoms with van der Waals surface area (Å²) in [5.41, 5.74) is 0.729. The molecule has 10 heteroatoms. The van der Waals surface area contributed by atoms with Gasteiger partial charge in [-0.15, -0.1) is 0 Å². The van der Waals surface area contributed by atoms with Gasteiger partial charge in [-0.2, -0.15) is 4.31 Å². The first-order valence-corrected chi connectivity index (χ1v) is 13.0. The number of aliphatic carboxylic acids is 1. The van der Waals surface area contributed by atoms with Gasteiger partial charge in [0, 0.05) is 23.5 Å². The van der Waals surface area contributed by atoms with E-state index in [-0.39, 0.29) is 21.4 Å². The second-order valence-corrected chi connectivity index (χ2v) is 11.5. The first kappa shape index (κ1) is 26.9. The zero-order valence-corrected chi connectivity index (χ0v) is 21.7. The highest BCUT2D eigenvalue weighted by atomic mass is 35.5. The van der Waals surface area contributed by atoms with Gasteiger partial charge in [0.25, 0.3) is 0 Å². The molecule has 3 aromatic rings. The first-order chi connectivity index (χ1) is 16.4. The summed E-state index contributed by atoms with van der Waals surface area (Å²) in [4.78, 5) is 25.0. The predicted molar refractivity (Wildman–Crippen MR) is 137 cm³/mol. The molecule has 0 saturated heterocycles. The van der Waals surface area contributed by atoms with Crippen LogP contribution in [0.4, 0.5) is 0 Å². The average Bonchev–Trinajstić information content (AvgIpc) is 2.77. The highest BCUT2D eigenvalue weighted by molar-refractivity contribution is 7.89. The van der Waals surface area contributed by atoms with Crippen molar-refractivity contribution in [3.05, 3.63) is 76.3 Å². The Balaban J connectivity index is 1.85. The maximum Gasteiger partial charge on any atom is 0.326 e. The van der Waals surface area contributed by atoms with Gasteiger partial charge in [-0.3, -0.25) is 4.79 Å². The molecule has 0 unspecified atom stereocenters. The van der Waals surface area contributed by atoms with Crippen LogP contribution in [-0.2, 0) is 26.0 Å². The minimum absolute atomic E-state index is 0.0388. The maximum atomic E-state index is 13.2. The van der Waals surface area contributed by atoms with Gasteiger partial charge in [0.05, 0.1) is 4.90 Å². The fraction of sp³-hybridized carbons (Fsp3) is 0.280. The van der Waals surface area contributed by atoms with Crippen LogP contribution in [0.1, 0.15) is 19.4 Å². The highest BCUT2D eigenvalue weighted by Crippen LogP contribution is 2.27. The van der Waals surface area contributed by atoms with Crippen molar-refractivity contribution in [2.24, 2.45) is 5.92 Å².